The number of rotatable bonds is 8. The second-order valence-corrected chi connectivity index (χ2v) is 12.4. The van der Waals surface area contributed by atoms with Gasteiger partial charge in [-0.25, -0.2) is 27.9 Å². The minimum absolute atomic E-state index is 0.0584. The highest BCUT2D eigenvalue weighted by Gasteiger charge is 2.39. The first-order chi connectivity index (χ1) is 21.3. The summed E-state index contributed by atoms with van der Waals surface area (Å²) in [5, 5.41) is 6.45. The maximum Gasteiger partial charge on any atom is 0.407 e. The lowest BCUT2D eigenvalue weighted by Crippen LogP contribution is -2.43. The number of ether oxygens (including phenoxy) is 2. The molecule has 0 unspecified atom stereocenters. The van der Waals surface area contributed by atoms with E-state index in [0.717, 1.165) is 18.9 Å². The average molecular weight is 632 g/mol. The number of carbonyl (C=O) groups is 2. The van der Waals surface area contributed by atoms with E-state index in [1.54, 1.807) is 25.7 Å². The predicted molar refractivity (Wildman–Crippen MR) is 156 cm³/mol. The molecule has 1 aromatic carbocycles. The van der Waals surface area contributed by atoms with Gasteiger partial charge in [-0.05, 0) is 58.1 Å². The molecule has 1 amide bonds. The van der Waals surface area contributed by atoms with Gasteiger partial charge in [-0.3, -0.25) is 4.79 Å². The standard InChI is InChI=1S/C30H36F3N7O5/c1-16(41)26-37-28(45-38-26)39-8-6-18(7-9-39)17(2)43-19-12-34-27(35-13-19)40-14-21(20-10-23(32)24(33)11-22(20)31)25(15-40)36-29(42)44-30(3,4)5/h10-13,17-18,21,25H,6-9,14-15H2,1-5H3,(H,36,42)/t17-,21+,25-/m0/s1. The summed E-state index contributed by atoms with van der Waals surface area (Å²) in [5.74, 6) is -3.33. The number of ketones is 1. The van der Waals surface area contributed by atoms with Crippen molar-refractivity contribution in [2.75, 3.05) is 36.0 Å². The average Bonchev–Trinajstić information content (AvgIpc) is 3.63. The summed E-state index contributed by atoms with van der Waals surface area (Å²) in [7, 11) is 0. The van der Waals surface area contributed by atoms with Gasteiger partial charge in [0.2, 0.25) is 17.6 Å². The summed E-state index contributed by atoms with van der Waals surface area (Å²) in [5.41, 5.74) is -0.845. The van der Waals surface area contributed by atoms with Gasteiger partial charge in [0.15, 0.2) is 17.4 Å². The van der Waals surface area contributed by atoms with Crippen molar-refractivity contribution in [1.82, 2.24) is 25.4 Å². The number of nitrogens with one attached hydrogen (secondary N) is 1. The number of hydrogen-bond donors (Lipinski definition) is 1. The van der Waals surface area contributed by atoms with Gasteiger partial charge in [0.1, 0.15) is 11.4 Å². The van der Waals surface area contributed by atoms with Crippen LogP contribution in [0.15, 0.2) is 29.0 Å². The van der Waals surface area contributed by atoms with Crippen molar-refractivity contribution in [1.29, 1.82) is 0 Å². The molecule has 1 N–H and O–H groups in total. The summed E-state index contributed by atoms with van der Waals surface area (Å²) in [4.78, 5) is 40.7. The number of piperidine rings is 1. The normalized spacial score (nSPS) is 19.8. The van der Waals surface area contributed by atoms with Gasteiger partial charge < -0.3 is 29.1 Å². The molecule has 0 aliphatic carbocycles. The van der Waals surface area contributed by atoms with E-state index in [-0.39, 0.29) is 42.3 Å². The molecule has 0 bridgehead atoms. The van der Waals surface area contributed by atoms with Gasteiger partial charge in [0.25, 0.3) is 0 Å². The fraction of sp³-hybridized carbons (Fsp3) is 0.533. The third-order valence-corrected chi connectivity index (χ3v) is 7.88. The van der Waals surface area contributed by atoms with Crippen molar-refractivity contribution in [2.24, 2.45) is 5.92 Å². The molecule has 3 atom stereocenters. The van der Waals surface area contributed by atoms with Gasteiger partial charge >= 0.3 is 12.1 Å². The Kier molecular flexibility index (Phi) is 9.16. The second-order valence-electron chi connectivity index (χ2n) is 12.4. The first-order valence-corrected chi connectivity index (χ1v) is 14.7. The fourth-order valence-corrected chi connectivity index (χ4v) is 5.60. The van der Waals surface area contributed by atoms with Crippen molar-refractivity contribution in [2.45, 2.75) is 71.1 Å². The molecule has 2 saturated heterocycles. The molecule has 15 heteroatoms. The van der Waals surface area contributed by atoms with Crippen LogP contribution < -0.4 is 19.9 Å². The molecule has 2 fully saturated rings. The Labute approximate surface area is 258 Å². The summed E-state index contributed by atoms with van der Waals surface area (Å²) in [6, 6.07) is 0.945. The van der Waals surface area contributed by atoms with Crippen LogP contribution in [0, 0.1) is 23.4 Å². The molecule has 5 rings (SSSR count). The molecule has 2 aromatic heterocycles. The molecule has 45 heavy (non-hydrogen) atoms. The Morgan fingerprint density at radius 2 is 1.69 bits per heavy atom. The Morgan fingerprint density at radius 3 is 2.31 bits per heavy atom. The zero-order chi connectivity index (χ0) is 32.5. The van der Waals surface area contributed by atoms with Gasteiger partial charge in [-0.15, -0.1) is 0 Å². The predicted octanol–water partition coefficient (Wildman–Crippen LogP) is 4.66. The SMILES string of the molecule is CC(=O)c1noc(N2CCC([C@H](C)Oc3cnc(N4C[C@H](NC(=O)OC(C)(C)C)[C@@H](c5cc(F)c(F)cc5F)C4)nc3)CC2)n1. The highest BCUT2D eigenvalue weighted by Crippen LogP contribution is 2.33. The number of amides is 1. The van der Waals surface area contributed by atoms with Crippen LogP contribution in [0.5, 0.6) is 5.75 Å². The van der Waals surface area contributed by atoms with E-state index < -0.39 is 41.1 Å². The summed E-state index contributed by atoms with van der Waals surface area (Å²) >= 11 is 0. The second kappa shape index (κ2) is 12.9. The zero-order valence-electron chi connectivity index (χ0n) is 25.7. The van der Waals surface area contributed by atoms with Gasteiger partial charge in [0.05, 0.1) is 24.5 Å². The molecular formula is C30H36F3N7O5. The number of alkyl carbamates (subject to hydrolysis) is 1. The van der Waals surface area contributed by atoms with Gasteiger partial charge in [-0.2, -0.15) is 4.98 Å². The molecule has 2 aliphatic heterocycles. The largest absolute Gasteiger partial charge is 0.487 e. The third kappa shape index (κ3) is 7.63. The van der Waals surface area contributed by atoms with Crippen LogP contribution in [-0.2, 0) is 4.74 Å². The van der Waals surface area contributed by atoms with Crippen molar-refractivity contribution >= 4 is 23.8 Å². The van der Waals surface area contributed by atoms with Crippen LogP contribution in [0.2, 0.25) is 0 Å². The number of halogens is 3. The smallest absolute Gasteiger partial charge is 0.407 e. The van der Waals surface area contributed by atoms with Crippen LogP contribution >= 0.6 is 0 Å². The number of Topliss-reactive ketones (excluding diaryl/α,β-unsaturated/α-hetero) is 1. The molecule has 4 heterocycles. The number of nitrogens with zero attached hydrogens (tertiary/aromatic N) is 6. The fourth-order valence-electron chi connectivity index (χ4n) is 5.60. The van der Waals surface area contributed by atoms with Gasteiger partial charge in [-0.1, -0.05) is 5.16 Å². The first kappa shape index (κ1) is 32.0. The summed E-state index contributed by atoms with van der Waals surface area (Å²) in [6.45, 7) is 10.1. The topological polar surface area (TPSA) is 136 Å². The van der Waals surface area contributed by atoms with Crippen molar-refractivity contribution in [3.05, 3.63) is 53.4 Å². The van der Waals surface area contributed by atoms with Crippen LogP contribution in [-0.4, -0.2) is 75.9 Å². The number of aromatic nitrogens is 4. The summed E-state index contributed by atoms with van der Waals surface area (Å²) < 4.78 is 59.3. The minimum Gasteiger partial charge on any atom is -0.487 e. The van der Waals surface area contributed by atoms with Crippen molar-refractivity contribution < 1.29 is 36.8 Å². The van der Waals surface area contributed by atoms with Crippen molar-refractivity contribution in [3.63, 3.8) is 0 Å². The lowest BCUT2D eigenvalue weighted by Gasteiger charge is -2.33. The Bertz CT molecular complexity index is 1520. The molecule has 0 saturated carbocycles. The number of anilines is 2. The Morgan fingerprint density at radius 1 is 1.02 bits per heavy atom. The zero-order valence-corrected chi connectivity index (χ0v) is 25.7. The molecule has 3 aromatic rings. The lowest BCUT2D eigenvalue weighted by atomic mass is 9.92. The quantitative estimate of drug-likeness (QED) is 0.275. The monoisotopic (exact) mass is 631 g/mol. The Hall–Kier alpha value is -4.43. The van der Waals surface area contributed by atoms with Crippen molar-refractivity contribution in [3.8, 4) is 5.75 Å². The highest BCUT2D eigenvalue weighted by atomic mass is 19.2. The molecule has 0 radical (unpaired) electrons. The van der Waals surface area contributed by atoms with E-state index >= 15 is 0 Å². The molecule has 2 aliphatic rings. The molecule has 0 spiro atoms. The lowest BCUT2D eigenvalue weighted by molar-refractivity contribution is 0.0504. The summed E-state index contributed by atoms with van der Waals surface area (Å²) in [6.07, 6.45) is 3.82. The maximum absolute atomic E-state index is 14.8. The molecule has 12 nitrogen and oxygen atoms in total. The van der Waals surface area contributed by atoms with Crippen LogP contribution in [0.25, 0.3) is 0 Å². The number of benzene rings is 1. The number of carbonyl (C=O) groups excluding carboxylic acids is 2. The molecular weight excluding hydrogens is 595 g/mol. The van der Waals surface area contributed by atoms with E-state index in [0.29, 0.717) is 36.9 Å². The molecule has 242 valence electrons. The van der Waals surface area contributed by atoms with E-state index in [1.165, 1.54) is 19.3 Å². The van der Waals surface area contributed by atoms with E-state index in [1.807, 2.05) is 11.8 Å². The van der Waals surface area contributed by atoms with Crippen LogP contribution in [0.1, 0.15) is 69.6 Å². The Balaban J connectivity index is 1.22. The van der Waals surface area contributed by atoms with E-state index in [2.05, 4.69) is 25.4 Å². The maximum atomic E-state index is 14.8. The minimum atomic E-state index is -1.29. The van der Waals surface area contributed by atoms with Crippen LogP contribution in [0.4, 0.5) is 29.9 Å². The number of hydrogen-bond acceptors (Lipinski definition) is 11. The van der Waals surface area contributed by atoms with Crippen LogP contribution in [0.3, 0.4) is 0 Å². The van der Waals surface area contributed by atoms with Gasteiger partial charge in [0, 0.05) is 45.1 Å². The van der Waals surface area contributed by atoms with E-state index in [9.17, 15) is 22.8 Å². The first-order valence-electron chi connectivity index (χ1n) is 14.7. The third-order valence-electron chi connectivity index (χ3n) is 7.88. The van der Waals surface area contributed by atoms with E-state index in [4.69, 9.17) is 14.0 Å². The highest BCUT2D eigenvalue weighted by molar-refractivity contribution is 5.90.